The summed E-state index contributed by atoms with van der Waals surface area (Å²) in [7, 11) is 0. The van der Waals surface area contributed by atoms with E-state index in [4.69, 9.17) is 5.73 Å². The molecule has 0 spiro atoms. The second-order valence-electron chi connectivity index (χ2n) is 2.86. The predicted octanol–water partition coefficient (Wildman–Crippen LogP) is 0.497. The molecule has 3 heteroatoms. The zero-order valence-corrected chi connectivity index (χ0v) is 7.39. The largest absolute Gasteiger partial charge is 0.355 e. The van der Waals surface area contributed by atoms with E-state index in [1.165, 1.54) is 0 Å². The molecule has 0 bridgehead atoms. The van der Waals surface area contributed by atoms with Gasteiger partial charge >= 0.3 is 0 Å². The maximum Gasteiger partial charge on any atom is 0.220 e. The Morgan fingerprint density at radius 1 is 1.64 bits per heavy atom. The number of carbonyl (C=O) groups excluding carboxylic acids is 1. The van der Waals surface area contributed by atoms with Crippen molar-refractivity contribution in [1.82, 2.24) is 5.32 Å². The summed E-state index contributed by atoms with van der Waals surface area (Å²) in [6.45, 7) is 5.27. The first kappa shape index (κ1) is 10.4. The topological polar surface area (TPSA) is 55.1 Å². The van der Waals surface area contributed by atoms with Gasteiger partial charge in [0.25, 0.3) is 0 Å². The Labute approximate surface area is 68.3 Å². The Balaban J connectivity index is 3.36. The van der Waals surface area contributed by atoms with Crippen molar-refractivity contribution in [2.75, 3.05) is 13.1 Å². The normalized spacial score (nSPS) is 12.6. The minimum absolute atomic E-state index is 0.116. The van der Waals surface area contributed by atoms with Crippen LogP contribution in [-0.2, 0) is 4.79 Å². The highest BCUT2D eigenvalue weighted by Crippen LogP contribution is 2.04. The van der Waals surface area contributed by atoms with Crippen molar-refractivity contribution >= 4 is 5.91 Å². The number of carbonyl (C=O) groups is 1. The van der Waals surface area contributed by atoms with Gasteiger partial charge in [-0.2, -0.15) is 0 Å². The summed E-state index contributed by atoms with van der Waals surface area (Å²) >= 11 is 0. The first-order chi connectivity index (χ1) is 5.20. The standard InChI is InChI=1S/C8H18N2O/c1-3-7(2)6-8(11)10-5-4-9/h7H,3-6,9H2,1-2H3,(H,10,11). The van der Waals surface area contributed by atoms with Crippen LogP contribution in [0.25, 0.3) is 0 Å². The van der Waals surface area contributed by atoms with Gasteiger partial charge in [0, 0.05) is 19.5 Å². The Morgan fingerprint density at radius 2 is 2.27 bits per heavy atom. The molecule has 66 valence electrons. The third kappa shape index (κ3) is 5.85. The summed E-state index contributed by atoms with van der Waals surface area (Å²) in [5.74, 6) is 0.595. The van der Waals surface area contributed by atoms with Crippen molar-refractivity contribution in [3.05, 3.63) is 0 Å². The number of nitrogens with two attached hydrogens (primary N) is 1. The van der Waals surface area contributed by atoms with Crippen molar-refractivity contribution in [3.63, 3.8) is 0 Å². The van der Waals surface area contributed by atoms with Crippen LogP contribution < -0.4 is 11.1 Å². The molecular formula is C8H18N2O. The summed E-state index contributed by atoms with van der Waals surface area (Å²) in [5.41, 5.74) is 5.23. The van der Waals surface area contributed by atoms with Crippen LogP contribution in [0.3, 0.4) is 0 Å². The smallest absolute Gasteiger partial charge is 0.220 e. The molecule has 0 aliphatic carbocycles. The lowest BCUT2D eigenvalue weighted by atomic mass is 10.1. The fourth-order valence-corrected chi connectivity index (χ4v) is 0.745. The molecule has 0 rings (SSSR count). The summed E-state index contributed by atoms with van der Waals surface area (Å²) < 4.78 is 0. The number of hydrogen-bond donors (Lipinski definition) is 2. The molecular weight excluding hydrogens is 140 g/mol. The second-order valence-corrected chi connectivity index (χ2v) is 2.86. The molecule has 1 amide bonds. The van der Waals surface area contributed by atoms with E-state index in [-0.39, 0.29) is 5.91 Å². The van der Waals surface area contributed by atoms with E-state index in [0.717, 1.165) is 6.42 Å². The van der Waals surface area contributed by atoms with Crippen molar-refractivity contribution < 1.29 is 4.79 Å². The van der Waals surface area contributed by atoms with Crippen LogP contribution in [0, 0.1) is 5.92 Å². The highest BCUT2D eigenvalue weighted by molar-refractivity contribution is 5.76. The van der Waals surface area contributed by atoms with Crippen molar-refractivity contribution in [3.8, 4) is 0 Å². The first-order valence-corrected chi connectivity index (χ1v) is 4.17. The first-order valence-electron chi connectivity index (χ1n) is 4.17. The summed E-state index contributed by atoms with van der Waals surface area (Å²) in [5, 5.41) is 2.73. The van der Waals surface area contributed by atoms with Crippen LogP contribution in [0.1, 0.15) is 26.7 Å². The molecule has 0 saturated carbocycles. The number of nitrogens with one attached hydrogen (secondary N) is 1. The molecule has 0 aromatic heterocycles. The molecule has 0 aromatic carbocycles. The van der Waals surface area contributed by atoms with E-state index >= 15 is 0 Å². The molecule has 0 aliphatic heterocycles. The Morgan fingerprint density at radius 3 is 2.73 bits per heavy atom. The molecule has 0 aliphatic rings. The highest BCUT2D eigenvalue weighted by Gasteiger charge is 2.05. The molecule has 0 radical (unpaired) electrons. The monoisotopic (exact) mass is 158 g/mol. The zero-order valence-electron chi connectivity index (χ0n) is 7.39. The van der Waals surface area contributed by atoms with Gasteiger partial charge in [0.05, 0.1) is 0 Å². The maximum absolute atomic E-state index is 11.0. The highest BCUT2D eigenvalue weighted by atomic mass is 16.1. The lowest BCUT2D eigenvalue weighted by molar-refractivity contribution is -0.121. The van der Waals surface area contributed by atoms with E-state index in [9.17, 15) is 4.79 Å². The van der Waals surface area contributed by atoms with Crippen LogP contribution >= 0.6 is 0 Å². The van der Waals surface area contributed by atoms with E-state index in [2.05, 4.69) is 19.2 Å². The van der Waals surface area contributed by atoms with Gasteiger partial charge in [-0.05, 0) is 5.92 Å². The lowest BCUT2D eigenvalue weighted by Crippen LogP contribution is -2.29. The lowest BCUT2D eigenvalue weighted by Gasteiger charge is -2.07. The SMILES string of the molecule is CCC(C)CC(=O)NCCN. The molecule has 1 unspecified atom stereocenters. The summed E-state index contributed by atoms with van der Waals surface area (Å²) in [6.07, 6.45) is 1.67. The van der Waals surface area contributed by atoms with Crippen molar-refractivity contribution in [2.45, 2.75) is 26.7 Å². The zero-order chi connectivity index (χ0) is 8.69. The predicted molar refractivity (Wildman–Crippen MR) is 46.1 cm³/mol. The number of rotatable bonds is 5. The van der Waals surface area contributed by atoms with Crippen molar-refractivity contribution in [1.29, 1.82) is 0 Å². The molecule has 0 saturated heterocycles. The molecule has 0 heterocycles. The van der Waals surface area contributed by atoms with Crippen LogP contribution in [-0.4, -0.2) is 19.0 Å². The van der Waals surface area contributed by atoms with Gasteiger partial charge in [-0.3, -0.25) is 4.79 Å². The Hall–Kier alpha value is -0.570. The third-order valence-electron chi connectivity index (χ3n) is 1.70. The average molecular weight is 158 g/mol. The van der Waals surface area contributed by atoms with Gasteiger partial charge in [0.1, 0.15) is 0 Å². The van der Waals surface area contributed by atoms with Gasteiger partial charge in [-0.25, -0.2) is 0 Å². The Bertz CT molecular complexity index is 115. The van der Waals surface area contributed by atoms with Gasteiger partial charge < -0.3 is 11.1 Å². The average Bonchev–Trinajstić information content (AvgIpc) is 2.00. The summed E-state index contributed by atoms with van der Waals surface area (Å²) in [4.78, 5) is 11.0. The van der Waals surface area contributed by atoms with Gasteiger partial charge in [-0.1, -0.05) is 20.3 Å². The fraction of sp³-hybridized carbons (Fsp3) is 0.875. The number of amides is 1. The molecule has 0 fully saturated rings. The molecule has 1 atom stereocenters. The molecule has 0 aromatic rings. The summed E-state index contributed by atoms with van der Waals surface area (Å²) in [6, 6.07) is 0. The molecule has 11 heavy (non-hydrogen) atoms. The van der Waals surface area contributed by atoms with Crippen LogP contribution in [0.15, 0.2) is 0 Å². The Kier molecular flexibility index (Phi) is 5.84. The van der Waals surface area contributed by atoms with Gasteiger partial charge in [0.15, 0.2) is 0 Å². The fourth-order valence-electron chi connectivity index (χ4n) is 0.745. The van der Waals surface area contributed by atoms with Crippen molar-refractivity contribution in [2.24, 2.45) is 11.7 Å². The molecule has 3 nitrogen and oxygen atoms in total. The van der Waals surface area contributed by atoms with E-state index in [0.29, 0.717) is 25.4 Å². The maximum atomic E-state index is 11.0. The van der Waals surface area contributed by atoms with Crippen LogP contribution in [0.5, 0.6) is 0 Å². The second kappa shape index (κ2) is 6.16. The van der Waals surface area contributed by atoms with E-state index in [1.54, 1.807) is 0 Å². The van der Waals surface area contributed by atoms with Gasteiger partial charge in [-0.15, -0.1) is 0 Å². The van der Waals surface area contributed by atoms with E-state index in [1.807, 2.05) is 0 Å². The van der Waals surface area contributed by atoms with Crippen LogP contribution in [0.4, 0.5) is 0 Å². The van der Waals surface area contributed by atoms with Gasteiger partial charge in [0.2, 0.25) is 5.91 Å². The van der Waals surface area contributed by atoms with E-state index < -0.39 is 0 Å². The minimum Gasteiger partial charge on any atom is -0.355 e. The minimum atomic E-state index is 0.116. The third-order valence-corrected chi connectivity index (χ3v) is 1.70. The molecule has 3 N–H and O–H groups in total. The quantitative estimate of drug-likeness (QED) is 0.612. The number of hydrogen-bond acceptors (Lipinski definition) is 2. The van der Waals surface area contributed by atoms with Crippen LogP contribution in [0.2, 0.25) is 0 Å².